The van der Waals surface area contributed by atoms with Gasteiger partial charge in [-0.15, -0.1) is 0 Å². The molecule has 2 atom stereocenters. The lowest BCUT2D eigenvalue weighted by molar-refractivity contribution is -0.132. The van der Waals surface area contributed by atoms with E-state index in [4.69, 9.17) is 37.4 Å². The summed E-state index contributed by atoms with van der Waals surface area (Å²) in [6.07, 6.45) is 0.700. The number of nitrogens with one attached hydrogen (secondary N) is 2. The number of amides is 2. The van der Waals surface area contributed by atoms with Crippen molar-refractivity contribution in [1.29, 1.82) is 5.26 Å². The minimum atomic E-state index is -0.966. The molecule has 2 amide bonds. The second kappa shape index (κ2) is 17.4. The van der Waals surface area contributed by atoms with Gasteiger partial charge in [0.2, 0.25) is 0 Å². The maximum absolute atomic E-state index is 13.3. The number of hydrogen-bond acceptors (Lipinski definition) is 7. The first-order valence-corrected chi connectivity index (χ1v) is 16.1. The van der Waals surface area contributed by atoms with Crippen molar-refractivity contribution in [1.82, 2.24) is 10.7 Å². The monoisotopic (exact) mass is 736 g/mol. The normalized spacial score (nSPS) is 12.1. The van der Waals surface area contributed by atoms with Crippen LogP contribution in [-0.4, -0.2) is 36.8 Å². The standard InChI is InChI=1S/C35H31BrCl2N4O5/c1-3-45-32-17-24(15-28(36)33(32)46-21-26-12-8-7-11-25(26)19-39)20-40-42-35(44)30(16-23-9-5-4-6-10-23)41-34(43)22(2)47-31-14-13-27(37)18-29(31)38/h4-15,17-18,20,22,30H,3,16,21H2,1-2H3,(H,41,43)(H,42,44)/b40-20-/t22-,30+/m1/s1. The number of benzene rings is 4. The van der Waals surface area contributed by atoms with Gasteiger partial charge in [0.1, 0.15) is 18.4 Å². The molecule has 2 N–H and O–H groups in total. The molecule has 47 heavy (non-hydrogen) atoms. The quantitative estimate of drug-likeness (QED) is 0.104. The van der Waals surface area contributed by atoms with E-state index < -0.39 is 24.0 Å². The summed E-state index contributed by atoms with van der Waals surface area (Å²) in [4.78, 5) is 26.4. The molecule has 4 aromatic carbocycles. The van der Waals surface area contributed by atoms with Gasteiger partial charge in [-0.25, -0.2) is 5.43 Å². The van der Waals surface area contributed by atoms with Gasteiger partial charge >= 0.3 is 0 Å². The van der Waals surface area contributed by atoms with Crippen molar-refractivity contribution in [2.75, 3.05) is 6.61 Å². The zero-order valence-corrected chi connectivity index (χ0v) is 28.6. The molecule has 0 aromatic heterocycles. The molecule has 0 aliphatic heterocycles. The van der Waals surface area contributed by atoms with Crippen molar-refractivity contribution >= 4 is 57.2 Å². The van der Waals surface area contributed by atoms with Gasteiger partial charge in [0.25, 0.3) is 11.8 Å². The van der Waals surface area contributed by atoms with Crippen LogP contribution in [0.1, 0.15) is 36.1 Å². The minimum Gasteiger partial charge on any atom is -0.490 e. The molecule has 0 fully saturated rings. The van der Waals surface area contributed by atoms with Crippen LogP contribution in [0.25, 0.3) is 0 Å². The van der Waals surface area contributed by atoms with Gasteiger partial charge in [-0.05, 0) is 77.3 Å². The lowest BCUT2D eigenvalue weighted by atomic mass is 10.1. The Balaban J connectivity index is 1.46. The van der Waals surface area contributed by atoms with E-state index in [0.29, 0.717) is 38.7 Å². The van der Waals surface area contributed by atoms with Gasteiger partial charge in [-0.3, -0.25) is 9.59 Å². The molecule has 4 rings (SSSR count). The van der Waals surface area contributed by atoms with Crippen LogP contribution in [0.5, 0.6) is 17.2 Å². The zero-order valence-electron chi connectivity index (χ0n) is 25.5. The number of ether oxygens (including phenoxy) is 3. The second-order valence-electron chi connectivity index (χ2n) is 10.1. The molecule has 0 spiro atoms. The third-order valence-electron chi connectivity index (χ3n) is 6.71. The maximum Gasteiger partial charge on any atom is 0.262 e. The van der Waals surface area contributed by atoms with Gasteiger partial charge in [-0.1, -0.05) is 71.7 Å². The van der Waals surface area contributed by atoms with Crippen LogP contribution in [0.4, 0.5) is 0 Å². The maximum atomic E-state index is 13.3. The van der Waals surface area contributed by atoms with Crippen LogP contribution in [0.2, 0.25) is 10.0 Å². The molecule has 0 unspecified atom stereocenters. The zero-order chi connectivity index (χ0) is 33.8. The smallest absolute Gasteiger partial charge is 0.262 e. The fourth-order valence-corrected chi connectivity index (χ4v) is 5.41. The molecule has 0 aliphatic rings. The van der Waals surface area contributed by atoms with Crippen LogP contribution < -0.4 is 25.0 Å². The van der Waals surface area contributed by atoms with Crippen LogP contribution in [-0.2, 0) is 22.6 Å². The Bertz CT molecular complexity index is 1780. The number of nitrogens with zero attached hydrogens (tertiary/aromatic N) is 2. The molecular weight excluding hydrogens is 707 g/mol. The highest BCUT2D eigenvalue weighted by Gasteiger charge is 2.25. The highest BCUT2D eigenvalue weighted by Crippen LogP contribution is 2.37. The summed E-state index contributed by atoms with van der Waals surface area (Å²) in [7, 11) is 0. The largest absolute Gasteiger partial charge is 0.490 e. The third-order valence-corrected chi connectivity index (χ3v) is 7.83. The number of nitriles is 1. The molecule has 9 nitrogen and oxygen atoms in total. The van der Waals surface area contributed by atoms with Crippen molar-refractivity contribution in [2.45, 2.75) is 39.0 Å². The topological polar surface area (TPSA) is 122 Å². The van der Waals surface area contributed by atoms with Crippen LogP contribution in [0.3, 0.4) is 0 Å². The van der Waals surface area contributed by atoms with E-state index in [1.165, 1.54) is 12.3 Å². The molecule has 0 aliphatic carbocycles. The van der Waals surface area contributed by atoms with E-state index in [-0.39, 0.29) is 23.8 Å². The Morgan fingerprint density at radius 3 is 2.45 bits per heavy atom. The summed E-state index contributed by atoms with van der Waals surface area (Å²) in [5.41, 5.74) is 5.24. The Kier molecular flexibility index (Phi) is 13.1. The summed E-state index contributed by atoms with van der Waals surface area (Å²) >= 11 is 15.7. The molecule has 0 saturated heterocycles. The van der Waals surface area contributed by atoms with Crippen LogP contribution in [0.15, 0.2) is 94.5 Å². The van der Waals surface area contributed by atoms with Crippen molar-refractivity contribution in [2.24, 2.45) is 5.10 Å². The lowest BCUT2D eigenvalue weighted by Crippen LogP contribution is -2.50. The third kappa shape index (κ3) is 10.2. The predicted octanol–water partition coefficient (Wildman–Crippen LogP) is 7.25. The van der Waals surface area contributed by atoms with E-state index in [9.17, 15) is 14.9 Å². The fraction of sp³-hybridized carbons (Fsp3) is 0.200. The van der Waals surface area contributed by atoms with Crippen molar-refractivity contribution in [3.05, 3.63) is 122 Å². The lowest BCUT2D eigenvalue weighted by Gasteiger charge is -2.21. The summed E-state index contributed by atoms with van der Waals surface area (Å²) in [6, 6.07) is 25.8. The molecule has 242 valence electrons. The summed E-state index contributed by atoms with van der Waals surface area (Å²) < 4.78 is 18.2. The van der Waals surface area contributed by atoms with Crippen molar-refractivity contribution in [3.63, 3.8) is 0 Å². The molecule has 0 radical (unpaired) electrons. The van der Waals surface area contributed by atoms with Gasteiger partial charge in [-0.2, -0.15) is 10.4 Å². The van der Waals surface area contributed by atoms with Crippen LogP contribution in [0, 0.1) is 11.3 Å². The molecule has 4 aromatic rings. The number of halogens is 3. The first kappa shape index (κ1) is 35.3. The molecular formula is C35H31BrCl2N4O5. The van der Waals surface area contributed by atoms with Gasteiger partial charge in [0, 0.05) is 17.0 Å². The first-order valence-electron chi connectivity index (χ1n) is 14.5. The average Bonchev–Trinajstić information content (AvgIpc) is 3.06. The van der Waals surface area contributed by atoms with E-state index in [2.05, 4.69) is 37.8 Å². The molecule has 0 bridgehead atoms. The van der Waals surface area contributed by atoms with Gasteiger partial charge in [0.15, 0.2) is 17.6 Å². The van der Waals surface area contributed by atoms with Gasteiger partial charge in [0.05, 0.1) is 33.9 Å². The first-order chi connectivity index (χ1) is 22.7. The van der Waals surface area contributed by atoms with Gasteiger partial charge < -0.3 is 19.5 Å². The summed E-state index contributed by atoms with van der Waals surface area (Å²) in [5.74, 6) is 0.147. The molecule has 0 heterocycles. The minimum absolute atomic E-state index is 0.164. The van der Waals surface area contributed by atoms with E-state index in [0.717, 1.165) is 11.1 Å². The second-order valence-corrected chi connectivity index (χ2v) is 11.8. The number of hydrazone groups is 1. The number of carbonyl (C=O) groups is 2. The highest BCUT2D eigenvalue weighted by molar-refractivity contribution is 9.10. The average molecular weight is 738 g/mol. The molecule has 12 heteroatoms. The molecule has 0 saturated carbocycles. The Morgan fingerprint density at radius 1 is 0.979 bits per heavy atom. The predicted molar refractivity (Wildman–Crippen MR) is 185 cm³/mol. The number of carbonyl (C=O) groups excluding carboxylic acids is 2. The summed E-state index contributed by atoms with van der Waals surface area (Å²) in [6.45, 7) is 3.94. The van der Waals surface area contributed by atoms with Crippen molar-refractivity contribution in [3.8, 4) is 23.3 Å². The number of hydrogen-bond donors (Lipinski definition) is 2. The van der Waals surface area contributed by atoms with E-state index >= 15 is 0 Å². The van der Waals surface area contributed by atoms with E-state index in [1.54, 1.807) is 43.3 Å². The fourth-order valence-electron chi connectivity index (χ4n) is 4.38. The number of rotatable bonds is 14. The Morgan fingerprint density at radius 2 is 1.72 bits per heavy atom. The highest BCUT2D eigenvalue weighted by atomic mass is 79.9. The summed E-state index contributed by atoms with van der Waals surface area (Å²) in [5, 5.41) is 17.0. The Hall–Kier alpha value is -4.56. The van der Waals surface area contributed by atoms with Crippen molar-refractivity contribution < 1.29 is 23.8 Å². The SMILES string of the molecule is CCOc1cc(/C=N\NC(=O)[C@H](Cc2ccccc2)NC(=O)[C@@H](C)Oc2ccc(Cl)cc2Cl)cc(Br)c1OCc1ccccc1C#N. The Labute approximate surface area is 291 Å². The van der Waals surface area contributed by atoms with E-state index in [1.807, 2.05) is 49.4 Å². The van der Waals surface area contributed by atoms with Crippen LogP contribution >= 0.6 is 39.1 Å².